The van der Waals surface area contributed by atoms with Crippen LogP contribution < -0.4 is 0 Å². The largest absolute Gasteiger partial charge is 0.416 e. The second-order valence-electron chi connectivity index (χ2n) is 2.06. The molecule has 0 unspecified atom stereocenters. The highest BCUT2D eigenvalue weighted by Crippen LogP contribution is 2.32. The number of hydrogen-bond donors (Lipinski definition) is 0. The fraction of sp³-hybridized carbons (Fsp3) is 0.143. The summed E-state index contributed by atoms with van der Waals surface area (Å²) in [4.78, 5) is 0. The zero-order valence-corrected chi connectivity index (χ0v) is 7.06. The standard InChI is InChI=1S/C7H2Cl2F3/c8-5-1-4(7(10,11)12)2-6(9)3-5/h1-2H. The Kier molecular flexibility index (Phi) is 2.54. The van der Waals surface area contributed by atoms with Crippen LogP contribution in [0.25, 0.3) is 0 Å². The Bertz CT molecular complexity index is 273. The Labute approximate surface area is 76.9 Å². The van der Waals surface area contributed by atoms with Gasteiger partial charge in [-0.15, -0.1) is 0 Å². The molecule has 0 aliphatic heterocycles. The molecule has 0 bridgehead atoms. The third kappa shape index (κ3) is 2.29. The van der Waals surface area contributed by atoms with Crippen LogP contribution in [0.5, 0.6) is 0 Å². The Hall–Kier alpha value is -0.410. The normalized spacial score (nSPS) is 11.8. The third-order valence-electron chi connectivity index (χ3n) is 1.13. The van der Waals surface area contributed by atoms with Gasteiger partial charge in [0.25, 0.3) is 0 Å². The molecule has 0 nitrogen and oxygen atoms in total. The molecule has 0 N–H and O–H groups in total. The van der Waals surface area contributed by atoms with E-state index in [1.54, 1.807) is 0 Å². The molecule has 0 aromatic heterocycles. The highest BCUT2D eigenvalue weighted by Gasteiger charge is 2.30. The molecule has 12 heavy (non-hydrogen) atoms. The Balaban J connectivity index is 3.18. The van der Waals surface area contributed by atoms with Crippen molar-refractivity contribution in [1.82, 2.24) is 0 Å². The number of hydrogen-bond acceptors (Lipinski definition) is 0. The smallest absolute Gasteiger partial charge is 0.166 e. The molecule has 1 rings (SSSR count). The van der Waals surface area contributed by atoms with Crippen molar-refractivity contribution in [3.63, 3.8) is 0 Å². The summed E-state index contributed by atoms with van der Waals surface area (Å²) in [5, 5.41) is -0.287. The van der Waals surface area contributed by atoms with E-state index in [-0.39, 0.29) is 10.0 Å². The van der Waals surface area contributed by atoms with E-state index >= 15 is 0 Å². The van der Waals surface area contributed by atoms with E-state index in [2.05, 4.69) is 6.07 Å². The summed E-state index contributed by atoms with van der Waals surface area (Å²) in [7, 11) is 0. The van der Waals surface area contributed by atoms with Crippen LogP contribution in [0.15, 0.2) is 12.1 Å². The predicted octanol–water partition coefficient (Wildman–Crippen LogP) is 3.81. The van der Waals surface area contributed by atoms with Crippen LogP contribution in [0, 0.1) is 6.07 Å². The first-order valence-corrected chi connectivity index (χ1v) is 3.61. The molecular formula is C7H2Cl2F3. The van der Waals surface area contributed by atoms with E-state index in [0.717, 1.165) is 12.1 Å². The number of alkyl halides is 3. The van der Waals surface area contributed by atoms with E-state index in [1.165, 1.54) is 0 Å². The van der Waals surface area contributed by atoms with Crippen LogP contribution in [0.2, 0.25) is 10.0 Å². The van der Waals surface area contributed by atoms with E-state index in [4.69, 9.17) is 23.2 Å². The van der Waals surface area contributed by atoms with Crippen molar-refractivity contribution in [3.05, 3.63) is 33.8 Å². The van der Waals surface area contributed by atoms with Crippen LogP contribution in [-0.2, 0) is 6.18 Å². The van der Waals surface area contributed by atoms with E-state index in [0.29, 0.717) is 0 Å². The lowest BCUT2D eigenvalue weighted by Gasteiger charge is -2.06. The molecular weight excluding hydrogens is 212 g/mol. The van der Waals surface area contributed by atoms with E-state index < -0.39 is 11.7 Å². The van der Waals surface area contributed by atoms with Crippen molar-refractivity contribution in [1.29, 1.82) is 0 Å². The van der Waals surface area contributed by atoms with Crippen molar-refractivity contribution >= 4 is 23.2 Å². The van der Waals surface area contributed by atoms with Crippen LogP contribution in [0.1, 0.15) is 5.56 Å². The maximum absolute atomic E-state index is 12.0. The van der Waals surface area contributed by atoms with Crippen molar-refractivity contribution in [2.24, 2.45) is 0 Å². The molecule has 1 aromatic rings. The lowest BCUT2D eigenvalue weighted by Crippen LogP contribution is -2.04. The second-order valence-corrected chi connectivity index (χ2v) is 2.88. The maximum Gasteiger partial charge on any atom is 0.416 e. The van der Waals surface area contributed by atoms with Gasteiger partial charge in [0.15, 0.2) is 0 Å². The Morgan fingerprint density at radius 2 is 1.50 bits per heavy atom. The lowest BCUT2D eigenvalue weighted by atomic mass is 10.2. The number of rotatable bonds is 0. The van der Waals surface area contributed by atoms with Gasteiger partial charge in [-0.05, 0) is 12.1 Å². The topological polar surface area (TPSA) is 0 Å². The van der Waals surface area contributed by atoms with Gasteiger partial charge in [0.05, 0.1) is 15.6 Å². The highest BCUT2D eigenvalue weighted by atomic mass is 35.5. The molecule has 0 saturated heterocycles. The van der Waals surface area contributed by atoms with Gasteiger partial charge in [-0.1, -0.05) is 23.2 Å². The van der Waals surface area contributed by atoms with E-state index in [1.807, 2.05) is 0 Å². The predicted molar refractivity (Wildman–Crippen MR) is 40.3 cm³/mol. The number of halogens is 5. The van der Waals surface area contributed by atoms with Crippen LogP contribution in [-0.4, -0.2) is 0 Å². The molecule has 0 atom stereocenters. The lowest BCUT2D eigenvalue weighted by molar-refractivity contribution is -0.137. The van der Waals surface area contributed by atoms with E-state index in [9.17, 15) is 13.2 Å². The van der Waals surface area contributed by atoms with Gasteiger partial charge >= 0.3 is 6.18 Å². The quantitative estimate of drug-likeness (QED) is 0.615. The zero-order chi connectivity index (χ0) is 9.35. The minimum Gasteiger partial charge on any atom is -0.166 e. The summed E-state index contributed by atoms with van der Waals surface area (Å²) in [5.41, 5.74) is -0.865. The Morgan fingerprint density at radius 1 is 1.08 bits per heavy atom. The minimum absolute atomic E-state index is 0.144. The third-order valence-corrected chi connectivity index (χ3v) is 1.54. The summed E-state index contributed by atoms with van der Waals surface area (Å²) in [6.45, 7) is 0. The Morgan fingerprint density at radius 3 is 1.83 bits per heavy atom. The fourth-order valence-corrected chi connectivity index (χ4v) is 1.15. The zero-order valence-electron chi connectivity index (χ0n) is 5.54. The summed E-state index contributed by atoms with van der Waals surface area (Å²) in [6.07, 6.45) is -4.41. The first kappa shape index (κ1) is 9.68. The molecule has 0 spiro atoms. The van der Waals surface area contributed by atoms with Crippen molar-refractivity contribution < 1.29 is 13.2 Å². The van der Waals surface area contributed by atoms with Crippen LogP contribution >= 0.6 is 23.2 Å². The number of benzene rings is 1. The van der Waals surface area contributed by atoms with Gasteiger partial charge in [0, 0.05) is 6.07 Å². The SMILES string of the molecule is FC(F)(F)c1cc(Cl)[c]c(Cl)c1. The highest BCUT2D eigenvalue weighted by molar-refractivity contribution is 6.34. The monoisotopic (exact) mass is 213 g/mol. The van der Waals surface area contributed by atoms with Gasteiger partial charge in [0.2, 0.25) is 0 Å². The summed E-state index contributed by atoms with van der Waals surface area (Å²) in [5.74, 6) is 0. The molecule has 0 aliphatic carbocycles. The van der Waals surface area contributed by atoms with Gasteiger partial charge in [-0.25, -0.2) is 0 Å². The van der Waals surface area contributed by atoms with Crippen molar-refractivity contribution in [3.8, 4) is 0 Å². The van der Waals surface area contributed by atoms with Crippen LogP contribution in [0.4, 0.5) is 13.2 Å². The molecule has 0 fully saturated rings. The van der Waals surface area contributed by atoms with Crippen molar-refractivity contribution in [2.45, 2.75) is 6.18 Å². The first-order valence-electron chi connectivity index (χ1n) is 2.85. The first-order chi connectivity index (χ1) is 5.39. The molecule has 0 amide bonds. The van der Waals surface area contributed by atoms with Crippen molar-refractivity contribution in [2.75, 3.05) is 0 Å². The average Bonchev–Trinajstić information content (AvgIpc) is 1.82. The van der Waals surface area contributed by atoms with Crippen LogP contribution in [0.3, 0.4) is 0 Å². The fourth-order valence-electron chi connectivity index (χ4n) is 0.665. The average molecular weight is 214 g/mol. The van der Waals surface area contributed by atoms with Gasteiger partial charge in [0.1, 0.15) is 0 Å². The second kappa shape index (κ2) is 3.15. The maximum atomic E-state index is 12.0. The molecule has 0 aliphatic rings. The molecule has 65 valence electrons. The summed E-state index contributed by atoms with van der Waals surface area (Å²) in [6, 6.07) is 3.86. The van der Waals surface area contributed by atoms with Gasteiger partial charge in [-0.2, -0.15) is 13.2 Å². The summed E-state index contributed by atoms with van der Waals surface area (Å²) >= 11 is 10.6. The van der Waals surface area contributed by atoms with Gasteiger partial charge in [-0.3, -0.25) is 0 Å². The molecule has 0 heterocycles. The molecule has 1 radical (unpaired) electrons. The van der Waals surface area contributed by atoms with Gasteiger partial charge < -0.3 is 0 Å². The molecule has 5 heteroatoms. The molecule has 0 saturated carbocycles. The molecule has 1 aromatic carbocycles. The summed E-state index contributed by atoms with van der Waals surface area (Å²) < 4.78 is 36.1. The minimum atomic E-state index is -4.41.